The Kier molecular flexibility index (Phi) is 3.51. The van der Waals surface area contributed by atoms with Crippen LogP contribution in [-0.2, 0) is 0 Å². The Balaban J connectivity index is 1.93. The van der Waals surface area contributed by atoms with Crippen molar-refractivity contribution in [3.8, 4) is 0 Å². The second-order valence-corrected chi connectivity index (χ2v) is 5.34. The summed E-state index contributed by atoms with van der Waals surface area (Å²) < 4.78 is 5.07. The highest BCUT2D eigenvalue weighted by molar-refractivity contribution is 7.99. The summed E-state index contributed by atoms with van der Waals surface area (Å²) in [4.78, 5) is 4.17. The van der Waals surface area contributed by atoms with Crippen LogP contribution in [0.5, 0.6) is 0 Å². The minimum absolute atomic E-state index is 0.495. The Hall–Kier alpha value is -0.710. The van der Waals surface area contributed by atoms with Gasteiger partial charge in [0, 0.05) is 11.3 Å². The molecule has 1 fully saturated rings. The summed E-state index contributed by atoms with van der Waals surface area (Å²) in [6.45, 7) is 4.04. The van der Waals surface area contributed by atoms with E-state index < -0.39 is 0 Å². The van der Waals surface area contributed by atoms with Crippen LogP contribution in [-0.4, -0.2) is 27.2 Å². The van der Waals surface area contributed by atoms with Crippen molar-refractivity contribution in [2.45, 2.75) is 44.4 Å². The van der Waals surface area contributed by atoms with Crippen molar-refractivity contribution in [1.29, 1.82) is 0 Å². The molecule has 5 heteroatoms. The number of anilines is 1. The van der Waals surface area contributed by atoms with Gasteiger partial charge in [0.25, 0.3) is 0 Å². The summed E-state index contributed by atoms with van der Waals surface area (Å²) in [6.07, 6.45) is 3.80. The molecule has 1 saturated carbocycles. The van der Waals surface area contributed by atoms with Crippen molar-refractivity contribution < 1.29 is 4.52 Å². The molecule has 0 aromatic carbocycles. The van der Waals surface area contributed by atoms with E-state index in [9.17, 15) is 0 Å². The van der Waals surface area contributed by atoms with Gasteiger partial charge in [0.05, 0.1) is 0 Å². The summed E-state index contributed by atoms with van der Waals surface area (Å²) in [5.74, 6) is 1.86. The first-order chi connectivity index (χ1) is 7.29. The predicted octanol–water partition coefficient (Wildman–Crippen LogP) is 2.46. The highest BCUT2D eigenvalue weighted by atomic mass is 32.2. The molecule has 1 aromatic heterocycles. The van der Waals surface area contributed by atoms with Crippen molar-refractivity contribution in [2.24, 2.45) is 0 Å². The minimum Gasteiger partial charge on any atom is -0.334 e. The molecule has 0 radical (unpaired) electrons. The number of rotatable bonds is 4. The number of hydrogen-bond acceptors (Lipinski definition) is 5. The van der Waals surface area contributed by atoms with Gasteiger partial charge in [-0.3, -0.25) is 0 Å². The van der Waals surface area contributed by atoms with E-state index in [1.165, 1.54) is 25.0 Å². The predicted molar refractivity (Wildman–Crippen MR) is 62.2 cm³/mol. The zero-order valence-electron chi connectivity index (χ0n) is 9.19. The second-order valence-electron chi connectivity index (χ2n) is 3.82. The van der Waals surface area contributed by atoms with Gasteiger partial charge in [0.2, 0.25) is 0 Å². The summed E-state index contributed by atoms with van der Waals surface area (Å²) >= 11 is 2.02. The van der Waals surface area contributed by atoms with E-state index in [-0.39, 0.29) is 0 Å². The molecule has 1 aliphatic rings. The Morgan fingerprint density at radius 1 is 1.53 bits per heavy atom. The van der Waals surface area contributed by atoms with E-state index in [0.29, 0.717) is 23.1 Å². The maximum absolute atomic E-state index is 5.07. The van der Waals surface area contributed by atoms with Crippen LogP contribution in [0.2, 0.25) is 0 Å². The molecule has 1 aromatic rings. The largest absolute Gasteiger partial charge is 0.334 e. The zero-order chi connectivity index (χ0) is 10.7. The second kappa shape index (κ2) is 4.88. The molecule has 0 saturated heterocycles. The highest BCUT2D eigenvalue weighted by Crippen LogP contribution is 2.31. The topological polar surface area (TPSA) is 51.0 Å². The number of thioether (sulfide) groups is 1. The normalized spacial score (nSPS) is 25.7. The molecule has 15 heavy (non-hydrogen) atoms. The summed E-state index contributed by atoms with van der Waals surface area (Å²) in [6, 6.07) is 1.07. The van der Waals surface area contributed by atoms with Crippen molar-refractivity contribution in [3.63, 3.8) is 0 Å². The van der Waals surface area contributed by atoms with Crippen LogP contribution in [0.15, 0.2) is 4.52 Å². The van der Waals surface area contributed by atoms with Crippen molar-refractivity contribution >= 4 is 17.8 Å². The van der Waals surface area contributed by atoms with Crippen LogP contribution in [0.4, 0.5) is 6.01 Å². The number of aryl methyl sites for hydroxylation is 1. The van der Waals surface area contributed by atoms with E-state index in [4.69, 9.17) is 4.52 Å². The fraction of sp³-hybridized carbons (Fsp3) is 0.800. The molecule has 2 unspecified atom stereocenters. The smallest absolute Gasteiger partial charge is 0.321 e. The number of nitrogens with one attached hydrogen (secondary N) is 1. The van der Waals surface area contributed by atoms with Gasteiger partial charge in [-0.2, -0.15) is 16.7 Å². The molecular formula is C10H17N3OS. The monoisotopic (exact) mass is 227 g/mol. The van der Waals surface area contributed by atoms with E-state index in [1.54, 1.807) is 0 Å². The van der Waals surface area contributed by atoms with Crippen LogP contribution >= 0.6 is 11.8 Å². The molecular weight excluding hydrogens is 210 g/mol. The summed E-state index contributed by atoms with van der Waals surface area (Å²) in [5, 5.41) is 7.81. The maximum Gasteiger partial charge on any atom is 0.321 e. The molecule has 2 rings (SSSR count). The minimum atomic E-state index is 0.495. The van der Waals surface area contributed by atoms with Gasteiger partial charge < -0.3 is 9.84 Å². The fourth-order valence-corrected chi connectivity index (χ4v) is 3.22. The van der Waals surface area contributed by atoms with E-state index in [2.05, 4.69) is 22.4 Å². The third-order valence-electron chi connectivity index (χ3n) is 2.67. The fourth-order valence-electron chi connectivity index (χ4n) is 2.02. The maximum atomic E-state index is 5.07. The summed E-state index contributed by atoms with van der Waals surface area (Å²) in [7, 11) is 0. The quantitative estimate of drug-likeness (QED) is 0.856. The Morgan fingerprint density at radius 3 is 3.07 bits per heavy atom. The van der Waals surface area contributed by atoms with Crippen LogP contribution in [0.25, 0.3) is 0 Å². The van der Waals surface area contributed by atoms with Crippen molar-refractivity contribution in [1.82, 2.24) is 10.1 Å². The lowest BCUT2D eigenvalue weighted by Crippen LogP contribution is -2.26. The molecule has 0 aliphatic heterocycles. The van der Waals surface area contributed by atoms with Gasteiger partial charge in [-0.15, -0.1) is 0 Å². The number of aromatic nitrogens is 2. The van der Waals surface area contributed by atoms with Crippen LogP contribution in [0.1, 0.15) is 32.0 Å². The Morgan fingerprint density at radius 2 is 2.40 bits per heavy atom. The lowest BCUT2D eigenvalue weighted by atomic mass is 10.2. The molecule has 0 spiro atoms. The molecule has 2 atom stereocenters. The van der Waals surface area contributed by atoms with Gasteiger partial charge in [0.15, 0.2) is 5.82 Å². The lowest BCUT2D eigenvalue weighted by molar-refractivity contribution is 0.421. The average Bonchev–Trinajstić information content (AvgIpc) is 2.78. The van der Waals surface area contributed by atoms with Crippen LogP contribution < -0.4 is 5.32 Å². The zero-order valence-corrected chi connectivity index (χ0v) is 10.0. The molecule has 1 heterocycles. The molecule has 1 N–H and O–H groups in total. The van der Waals surface area contributed by atoms with Crippen LogP contribution in [0.3, 0.4) is 0 Å². The number of hydrogen-bond donors (Lipinski definition) is 1. The highest BCUT2D eigenvalue weighted by Gasteiger charge is 2.28. The van der Waals surface area contributed by atoms with Crippen molar-refractivity contribution in [3.05, 3.63) is 5.82 Å². The Labute approximate surface area is 94.2 Å². The van der Waals surface area contributed by atoms with E-state index >= 15 is 0 Å². The van der Waals surface area contributed by atoms with Gasteiger partial charge in [-0.05, 0) is 25.5 Å². The first-order valence-electron chi connectivity index (χ1n) is 5.48. The average molecular weight is 227 g/mol. The third kappa shape index (κ3) is 2.65. The van der Waals surface area contributed by atoms with E-state index in [1.807, 2.05) is 18.7 Å². The molecule has 0 bridgehead atoms. The number of nitrogens with zero attached hydrogens (tertiary/aromatic N) is 2. The van der Waals surface area contributed by atoms with Gasteiger partial charge in [-0.25, -0.2) is 0 Å². The molecule has 84 valence electrons. The van der Waals surface area contributed by atoms with Crippen molar-refractivity contribution in [2.75, 3.05) is 11.1 Å². The lowest BCUT2D eigenvalue weighted by Gasteiger charge is -2.18. The summed E-state index contributed by atoms with van der Waals surface area (Å²) in [5.41, 5.74) is 0. The first kappa shape index (κ1) is 10.8. The van der Waals surface area contributed by atoms with Crippen LogP contribution in [0, 0.1) is 6.92 Å². The van der Waals surface area contributed by atoms with Gasteiger partial charge >= 0.3 is 6.01 Å². The Bertz CT molecular complexity index is 315. The SMILES string of the molecule is CCSC1CCCC1Nc1nc(C)no1. The standard InChI is InChI=1S/C10H17N3OS/c1-3-15-9-6-4-5-8(9)12-10-11-7(2)13-14-10/h8-9H,3-6H2,1-2H3,(H,11,12,13). The van der Waals surface area contributed by atoms with Gasteiger partial charge in [0.1, 0.15) is 0 Å². The first-order valence-corrected chi connectivity index (χ1v) is 6.53. The molecule has 4 nitrogen and oxygen atoms in total. The van der Waals surface area contributed by atoms with Gasteiger partial charge in [-0.1, -0.05) is 18.5 Å². The molecule has 0 amide bonds. The van der Waals surface area contributed by atoms with E-state index in [0.717, 1.165) is 0 Å². The molecule has 1 aliphatic carbocycles. The third-order valence-corrected chi connectivity index (χ3v) is 4.00.